The highest BCUT2D eigenvalue weighted by Crippen LogP contribution is 2.28. The van der Waals surface area contributed by atoms with Crippen LogP contribution in [-0.2, 0) is 0 Å². The molecular formula is C17H12ClN. The van der Waals surface area contributed by atoms with E-state index in [0.717, 1.165) is 22.5 Å². The first-order chi connectivity index (χ1) is 9.34. The number of aromatic nitrogens is 1. The summed E-state index contributed by atoms with van der Waals surface area (Å²) in [6.45, 7) is 0. The molecule has 0 N–H and O–H groups in total. The lowest BCUT2D eigenvalue weighted by atomic mass is 10.1. The minimum Gasteiger partial charge on any atom is -0.246 e. The maximum atomic E-state index is 6.26. The van der Waals surface area contributed by atoms with Gasteiger partial charge >= 0.3 is 0 Å². The van der Waals surface area contributed by atoms with E-state index in [4.69, 9.17) is 11.6 Å². The Balaban J connectivity index is 2.12. The van der Waals surface area contributed by atoms with Gasteiger partial charge in [-0.2, -0.15) is 0 Å². The molecule has 0 saturated heterocycles. The summed E-state index contributed by atoms with van der Waals surface area (Å²) in [6.07, 6.45) is 0. The van der Waals surface area contributed by atoms with Crippen molar-refractivity contribution in [2.24, 2.45) is 0 Å². The summed E-state index contributed by atoms with van der Waals surface area (Å²) in [7, 11) is 0. The van der Waals surface area contributed by atoms with Gasteiger partial charge in [-0.3, -0.25) is 0 Å². The highest BCUT2D eigenvalue weighted by molar-refractivity contribution is 6.33. The van der Waals surface area contributed by atoms with Crippen molar-refractivity contribution in [3.05, 3.63) is 77.8 Å². The topological polar surface area (TPSA) is 12.9 Å². The summed E-state index contributed by atoms with van der Waals surface area (Å²) in [5, 5.41) is 0.672. The van der Waals surface area contributed by atoms with Crippen molar-refractivity contribution >= 4 is 11.6 Å². The first-order valence-electron chi connectivity index (χ1n) is 6.12. The second kappa shape index (κ2) is 5.25. The van der Waals surface area contributed by atoms with Crippen LogP contribution in [0.1, 0.15) is 0 Å². The Labute approximate surface area is 117 Å². The zero-order chi connectivity index (χ0) is 13.1. The number of pyridine rings is 1. The third-order valence-corrected chi connectivity index (χ3v) is 3.27. The summed E-state index contributed by atoms with van der Waals surface area (Å²) >= 11 is 6.26. The molecular weight excluding hydrogens is 254 g/mol. The van der Waals surface area contributed by atoms with Gasteiger partial charge in [-0.25, -0.2) is 4.98 Å². The van der Waals surface area contributed by atoms with Gasteiger partial charge in [0.15, 0.2) is 0 Å². The molecule has 3 rings (SSSR count). The minimum atomic E-state index is 0.672. The monoisotopic (exact) mass is 265 g/mol. The molecule has 1 nitrogen and oxygen atoms in total. The van der Waals surface area contributed by atoms with E-state index in [1.54, 1.807) is 0 Å². The molecule has 0 unspecified atom stereocenters. The van der Waals surface area contributed by atoms with Crippen molar-refractivity contribution in [3.63, 3.8) is 0 Å². The fourth-order valence-corrected chi connectivity index (χ4v) is 2.22. The molecule has 0 aliphatic carbocycles. The SMILES string of the molecule is Clc1ccc(-c2ccccc2)nc1-c1ccccc1. The van der Waals surface area contributed by atoms with Crippen molar-refractivity contribution in [2.75, 3.05) is 0 Å². The largest absolute Gasteiger partial charge is 0.246 e. The summed E-state index contributed by atoms with van der Waals surface area (Å²) in [5.74, 6) is 0. The van der Waals surface area contributed by atoms with Crippen LogP contribution < -0.4 is 0 Å². The summed E-state index contributed by atoms with van der Waals surface area (Å²) in [4.78, 5) is 4.68. The molecule has 0 aliphatic heterocycles. The Morgan fingerprint density at radius 3 is 1.84 bits per heavy atom. The smallest absolute Gasteiger partial charge is 0.0895 e. The molecule has 1 heterocycles. The van der Waals surface area contributed by atoms with E-state index in [9.17, 15) is 0 Å². The van der Waals surface area contributed by atoms with Crippen LogP contribution in [0.3, 0.4) is 0 Å². The molecule has 0 fully saturated rings. The Morgan fingerprint density at radius 1 is 0.632 bits per heavy atom. The van der Waals surface area contributed by atoms with E-state index in [-0.39, 0.29) is 0 Å². The van der Waals surface area contributed by atoms with Gasteiger partial charge in [-0.1, -0.05) is 72.3 Å². The molecule has 92 valence electrons. The summed E-state index contributed by atoms with van der Waals surface area (Å²) in [6, 6.07) is 24.0. The first-order valence-corrected chi connectivity index (χ1v) is 6.50. The second-order valence-corrected chi connectivity index (χ2v) is 4.67. The number of hydrogen-bond acceptors (Lipinski definition) is 1. The lowest BCUT2D eigenvalue weighted by Crippen LogP contribution is -1.89. The van der Waals surface area contributed by atoms with Gasteiger partial charge in [0.25, 0.3) is 0 Å². The molecule has 0 saturated carbocycles. The van der Waals surface area contributed by atoms with Gasteiger partial charge in [0.05, 0.1) is 16.4 Å². The number of nitrogens with zero attached hydrogens (tertiary/aromatic N) is 1. The number of benzene rings is 2. The van der Waals surface area contributed by atoms with E-state index >= 15 is 0 Å². The lowest BCUT2D eigenvalue weighted by molar-refractivity contribution is 1.32. The third kappa shape index (κ3) is 2.51. The van der Waals surface area contributed by atoms with E-state index in [0.29, 0.717) is 5.02 Å². The van der Waals surface area contributed by atoms with Crippen LogP contribution in [0.15, 0.2) is 72.8 Å². The lowest BCUT2D eigenvalue weighted by Gasteiger charge is -2.07. The molecule has 0 atom stereocenters. The standard InChI is InChI=1S/C17H12ClN/c18-15-11-12-16(13-7-3-1-4-8-13)19-17(15)14-9-5-2-6-10-14/h1-12H. The minimum absolute atomic E-state index is 0.672. The highest BCUT2D eigenvalue weighted by atomic mass is 35.5. The van der Waals surface area contributed by atoms with E-state index < -0.39 is 0 Å². The average molecular weight is 266 g/mol. The molecule has 0 bridgehead atoms. The average Bonchev–Trinajstić information content (AvgIpc) is 2.49. The van der Waals surface area contributed by atoms with E-state index in [1.807, 2.05) is 72.8 Å². The van der Waals surface area contributed by atoms with E-state index in [2.05, 4.69) is 4.98 Å². The molecule has 0 aliphatic rings. The van der Waals surface area contributed by atoms with Crippen molar-refractivity contribution in [3.8, 4) is 22.5 Å². The van der Waals surface area contributed by atoms with Crippen molar-refractivity contribution in [2.45, 2.75) is 0 Å². The summed E-state index contributed by atoms with van der Waals surface area (Å²) in [5.41, 5.74) is 3.88. The molecule has 2 heteroatoms. The Bertz CT molecular complexity index is 678. The van der Waals surface area contributed by atoms with Crippen LogP contribution in [-0.4, -0.2) is 4.98 Å². The van der Waals surface area contributed by atoms with Crippen LogP contribution >= 0.6 is 11.6 Å². The van der Waals surface area contributed by atoms with Crippen molar-refractivity contribution < 1.29 is 0 Å². The fraction of sp³-hybridized carbons (Fsp3) is 0. The molecule has 0 radical (unpaired) electrons. The highest BCUT2D eigenvalue weighted by Gasteiger charge is 2.07. The second-order valence-electron chi connectivity index (χ2n) is 4.26. The van der Waals surface area contributed by atoms with Crippen molar-refractivity contribution in [1.82, 2.24) is 4.98 Å². The zero-order valence-corrected chi connectivity index (χ0v) is 11.0. The van der Waals surface area contributed by atoms with Gasteiger partial charge in [0.2, 0.25) is 0 Å². The number of rotatable bonds is 2. The number of hydrogen-bond donors (Lipinski definition) is 0. The van der Waals surface area contributed by atoms with Crippen LogP contribution in [0.25, 0.3) is 22.5 Å². The van der Waals surface area contributed by atoms with Crippen LogP contribution in [0, 0.1) is 0 Å². The summed E-state index contributed by atoms with van der Waals surface area (Å²) < 4.78 is 0. The van der Waals surface area contributed by atoms with Gasteiger partial charge in [0.1, 0.15) is 0 Å². The molecule has 0 amide bonds. The molecule has 19 heavy (non-hydrogen) atoms. The van der Waals surface area contributed by atoms with Gasteiger partial charge in [-0.05, 0) is 12.1 Å². The van der Waals surface area contributed by atoms with Crippen LogP contribution in [0.5, 0.6) is 0 Å². The maximum Gasteiger partial charge on any atom is 0.0895 e. The zero-order valence-electron chi connectivity index (χ0n) is 10.3. The first kappa shape index (κ1) is 11.9. The predicted octanol–water partition coefficient (Wildman–Crippen LogP) is 5.07. The Morgan fingerprint density at radius 2 is 1.21 bits per heavy atom. The molecule has 0 spiro atoms. The normalized spacial score (nSPS) is 10.4. The van der Waals surface area contributed by atoms with Gasteiger partial charge in [0, 0.05) is 11.1 Å². The molecule has 3 aromatic rings. The third-order valence-electron chi connectivity index (χ3n) is 2.96. The van der Waals surface area contributed by atoms with E-state index in [1.165, 1.54) is 0 Å². The van der Waals surface area contributed by atoms with Crippen LogP contribution in [0.4, 0.5) is 0 Å². The Kier molecular flexibility index (Phi) is 3.30. The van der Waals surface area contributed by atoms with Gasteiger partial charge < -0.3 is 0 Å². The quantitative estimate of drug-likeness (QED) is 0.630. The number of halogens is 1. The maximum absolute atomic E-state index is 6.26. The molecule has 1 aromatic heterocycles. The molecule has 2 aromatic carbocycles. The fourth-order valence-electron chi connectivity index (χ4n) is 2.01. The predicted molar refractivity (Wildman–Crippen MR) is 80.1 cm³/mol. The van der Waals surface area contributed by atoms with Crippen molar-refractivity contribution in [1.29, 1.82) is 0 Å². The Hall–Kier alpha value is -2.12. The van der Waals surface area contributed by atoms with Crippen LogP contribution in [0.2, 0.25) is 5.02 Å². The van der Waals surface area contributed by atoms with Gasteiger partial charge in [-0.15, -0.1) is 0 Å².